The van der Waals surface area contributed by atoms with Crippen LogP contribution in [0.4, 0.5) is 10.2 Å². The third-order valence-corrected chi connectivity index (χ3v) is 8.83. The van der Waals surface area contributed by atoms with Crippen molar-refractivity contribution in [2.45, 2.75) is 52.1 Å². The molecule has 2 atom stereocenters. The summed E-state index contributed by atoms with van der Waals surface area (Å²) in [6.07, 6.45) is 3.43. The second-order valence-corrected chi connectivity index (χ2v) is 12.1. The van der Waals surface area contributed by atoms with E-state index in [1.54, 1.807) is 23.2 Å². The SMILES string of the molecule is C=CC(=O)N1CC2CCOc3c(F)c(-c4c(O)cccc4Cl)cc4c3c(nc(=O)n4-c3c(C)ccnc3C(C)C)N2CC1C. The van der Waals surface area contributed by atoms with Crippen molar-refractivity contribution in [2.24, 2.45) is 0 Å². The van der Waals surface area contributed by atoms with Crippen molar-refractivity contribution < 1.29 is 19.0 Å². The van der Waals surface area contributed by atoms with Gasteiger partial charge in [-0.1, -0.05) is 38.1 Å². The number of hydrogen-bond acceptors (Lipinski definition) is 7. The van der Waals surface area contributed by atoms with E-state index in [4.69, 9.17) is 16.3 Å². The van der Waals surface area contributed by atoms with Crippen LogP contribution in [0.2, 0.25) is 5.02 Å². The number of nitrogens with zero attached hydrogens (tertiary/aromatic N) is 5. The molecule has 4 heterocycles. The van der Waals surface area contributed by atoms with Crippen LogP contribution in [0.25, 0.3) is 27.7 Å². The minimum Gasteiger partial charge on any atom is -0.507 e. The fraction of sp³-hybridized carbons (Fsp3) is 0.333. The third kappa shape index (κ3) is 4.68. The lowest BCUT2D eigenvalue weighted by Gasteiger charge is -2.46. The van der Waals surface area contributed by atoms with Crippen molar-refractivity contribution in [1.82, 2.24) is 19.4 Å². The Labute approximate surface area is 259 Å². The molecule has 0 aliphatic carbocycles. The van der Waals surface area contributed by atoms with Gasteiger partial charge in [0.15, 0.2) is 11.6 Å². The van der Waals surface area contributed by atoms with Crippen molar-refractivity contribution >= 4 is 34.2 Å². The minimum absolute atomic E-state index is 0.0135. The van der Waals surface area contributed by atoms with Gasteiger partial charge in [-0.3, -0.25) is 14.3 Å². The van der Waals surface area contributed by atoms with E-state index in [1.165, 1.54) is 22.8 Å². The van der Waals surface area contributed by atoms with Crippen molar-refractivity contribution in [3.63, 3.8) is 0 Å². The molecular formula is C33H33ClFN5O4. The highest BCUT2D eigenvalue weighted by Crippen LogP contribution is 2.46. The van der Waals surface area contributed by atoms with Crippen LogP contribution in [-0.4, -0.2) is 62.2 Å². The van der Waals surface area contributed by atoms with E-state index in [9.17, 15) is 14.7 Å². The fourth-order valence-electron chi connectivity index (χ4n) is 6.38. The number of phenolic OH excluding ortho intramolecular Hbond substituents is 1. The quantitative estimate of drug-likeness (QED) is 0.291. The average molecular weight is 618 g/mol. The molecule has 2 aliphatic rings. The summed E-state index contributed by atoms with van der Waals surface area (Å²) in [5, 5.41) is 11.3. The molecule has 1 amide bonds. The smallest absolute Gasteiger partial charge is 0.354 e. The zero-order valence-electron chi connectivity index (χ0n) is 25.0. The highest BCUT2D eigenvalue weighted by molar-refractivity contribution is 6.33. The number of piperazine rings is 1. The van der Waals surface area contributed by atoms with Crippen LogP contribution in [0.3, 0.4) is 0 Å². The zero-order valence-corrected chi connectivity index (χ0v) is 25.7. The van der Waals surface area contributed by atoms with Crippen molar-refractivity contribution in [2.75, 3.05) is 24.6 Å². The number of phenols is 1. The number of carbonyl (C=O) groups is 1. The number of pyridine rings is 1. The Morgan fingerprint density at radius 3 is 2.75 bits per heavy atom. The Bertz CT molecular complexity index is 1870. The number of ether oxygens (including phenoxy) is 1. The standard InChI is InChI=1S/C33H33ClFN5O4/c1-6-25(42)38-16-20-11-13-44-31-27-23(14-21(28(31)35)26-22(34)8-7-9-24(26)41)40(30-18(4)10-12-36-29(30)17(2)3)33(43)37-32(27)39(20)15-19(38)5/h6-10,12,14,17,19-20,41H,1,11,13,15-16H2,2-5H3. The van der Waals surface area contributed by atoms with E-state index >= 15 is 4.39 Å². The second-order valence-electron chi connectivity index (χ2n) is 11.7. The number of benzene rings is 2. The molecule has 2 aromatic carbocycles. The molecule has 0 bridgehead atoms. The van der Waals surface area contributed by atoms with Crippen molar-refractivity contribution in [1.29, 1.82) is 0 Å². The zero-order chi connectivity index (χ0) is 31.4. The maximum atomic E-state index is 16.7. The van der Waals surface area contributed by atoms with Crippen LogP contribution < -0.4 is 15.3 Å². The second kappa shape index (κ2) is 11.2. The number of hydrogen-bond donors (Lipinski definition) is 1. The molecule has 1 fully saturated rings. The number of fused-ring (bicyclic) bond motifs is 2. The van der Waals surface area contributed by atoms with Crippen LogP contribution in [0.5, 0.6) is 11.5 Å². The summed E-state index contributed by atoms with van der Waals surface area (Å²) in [4.78, 5) is 39.8. The summed E-state index contributed by atoms with van der Waals surface area (Å²) in [5.41, 5.74) is 1.84. The Morgan fingerprint density at radius 1 is 1.27 bits per heavy atom. The molecule has 11 heteroatoms. The van der Waals surface area contributed by atoms with Gasteiger partial charge in [-0.2, -0.15) is 4.98 Å². The van der Waals surface area contributed by atoms with Gasteiger partial charge in [0.05, 0.1) is 40.0 Å². The summed E-state index contributed by atoms with van der Waals surface area (Å²) in [6.45, 7) is 12.3. The molecule has 44 heavy (non-hydrogen) atoms. The van der Waals surface area contributed by atoms with Crippen LogP contribution in [-0.2, 0) is 4.79 Å². The predicted octanol–water partition coefficient (Wildman–Crippen LogP) is 5.75. The van der Waals surface area contributed by atoms with Gasteiger partial charge in [-0.25, -0.2) is 9.18 Å². The van der Waals surface area contributed by atoms with Gasteiger partial charge in [-0.15, -0.1) is 0 Å². The molecule has 0 saturated carbocycles. The number of rotatable bonds is 4. The number of aromatic nitrogens is 3. The minimum atomic E-state index is -0.729. The van der Waals surface area contributed by atoms with Crippen molar-refractivity contribution in [3.05, 3.63) is 81.8 Å². The van der Waals surface area contributed by atoms with E-state index in [0.29, 0.717) is 41.8 Å². The number of amides is 1. The van der Waals surface area contributed by atoms with E-state index in [2.05, 4.69) is 16.5 Å². The van der Waals surface area contributed by atoms with E-state index in [1.807, 2.05) is 38.7 Å². The highest BCUT2D eigenvalue weighted by Gasteiger charge is 2.38. The summed E-state index contributed by atoms with van der Waals surface area (Å²) in [5.74, 6) is -0.981. The van der Waals surface area contributed by atoms with Crippen LogP contribution in [0.15, 0.2) is 54.0 Å². The van der Waals surface area contributed by atoms with Gasteiger partial charge in [0.2, 0.25) is 5.91 Å². The van der Waals surface area contributed by atoms with Gasteiger partial charge in [-0.05, 0) is 55.7 Å². The molecule has 6 rings (SSSR count). The molecule has 4 aromatic rings. The first kappa shape index (κ1) is 29.6. The maximum absolute atomic E-state index is 16.7. The van der Waals surface area contributed by atoms with Gasteiger partial charge in [0.1, 0.15) is 11.6 Å². The summed E-state index contributed by atoms with van der Waals surface area (Å²) >= 11 is 6.52. The molecule has 228 valence electrons. The van der Waals surface area contributed by atoms with Gasteiger partial charge in [0, 0.05) is 42.9 Å². The first-order chi connectivity index (χ1) is 21.0. The topological polar surface area (TPSA) is 101 Å². The maximum Gasteiger partial charge on any atom is 0.354 e. The van der Waals surface area contributed by atoms with Gasteiger partial charge < -0.3 is 19.6 Å². The molecule has 1 saturated heterocycles. The predicted molar refractivity (Wildman–Crippen MR) is 169 cm³/mol. The first-order valence-electron chi connectivity index (χ1n) is 14.6. The summed E-state index contributed by atoms with van der Waals surface area (Å²) in [6, 6.07) is 7.43. The van der Waals surface area contributed by atoms with Crippen LogP contribution >= 0.6 is 11.6 Å². The van der Waals surface area contributed by atoms with Crippen LogP contribution in [0.1, 0.15) is 44.4 Å². The monoisotopic (exact) mass is 617 g/mol. The lowest BCUT2D eigenvalue weighted by molar-refractivity contribution is -0.129. The Kier molecular flexibility index (Phi) is 7.57. The fourth-order valence-corrected chi connectivity index (χ4v) is 6.66. The number of carbonyl (C=O) groups excluding carboxylic acids is 1. The normalized spacial score (nSPS) is 18.1. The molecule has 9 nitrogen and oxygen atoms in total. The summed E-state index contributed by atoms with van der Waals surface area (Å²) < 4.78 is 24.4. The number of anilines is 1. The average Bonchev–Trinajstić information content (AvgIpc) is 2.97. The number of halogens is 2. The first-order valence-corrected chi connectivity index (χ1v) is 15.0. The van der Waals surface area contributed by atoms with Gasteiger partial charge >= 0.3 is 5.69 Å². The molecular weight excluding hydrogens is 585 g/mol. The molecule has 0 radical (unpaired) electrons. The van der Waals surface area contributed by atoms with Gasteiger partial charge in [0.25, 0.3) is 0 Å². The van der Waals surface area contributed by atoms with Crippen LogP contribution in [0, 0.1) is 12.7 Å². The number of aryl methyl sites for hydroxylation is 1. The molecule has 0 spiro atoms. The third-order valence-electron chi connectivity index (χ3n) is 8.51. The molecule has 2 aliphatic heterocycles. The molecule has 2 aromatic heterocycles. The Hall–Kier alpha value is -4.44. The van der Waals surface area contributed by atoms with E-state index in [-0.39, 0.29) is 64.0 Å². The largest absolute Gasteiger partial charge is 0.507 e. The molecule has 1 N–H and O–H groups in total. The molecule has 2 unspecified atom stereocenters. The van der Waals surface area contributed by atoms with Crippen molar-refractivity contribution in [3.8, 4) is 28.3 Å². The van der Waals surface area contributed by atoms with E-state index in [0.717, 1.165) is 5.56 Å². The highest BCUT2D eigenvalue weighted by atomic mass is 35.5. The lowest BCUT2D eigenvalue weighted by Crippen LogP contribution is -2.60. The lowest BCUT2D eigenvalue weighted by atomic mass is 9.97. The number of aromatic hydroxyl groups is 1. The Morgan fingerprint density at radius 2 is 2.05 bits per heavy atom. The summed E-state index contributed by atoms with van der Waals surface area (Å²) in [7, 11) is 0. The Balaban J connectivity index is 1.73. The van der Waals surface area contributed by atoms with E-state index < -0.39 is 11.5 Å².